The Morgan fingerprint density at radius 2 is 2.14 bits per heavy atom. The van der Waals surface area contributed by atoms with Gasteiger partial charge in [0.25, 0.3) is 0 Å². The second-order valence-corrected chi connectivity index (χ2v) is 5.71. The van der Waals surface area contributed by atoms with Gasteiger partial charge in [0.15, 0.2) is 5.15 Å². The van der Waals surface area contributed by atoms with Crippen molar-refractivity contribution >= 4 is 11.6 Å². The second kappa shape index (κ2) is 8.20. The van der Waals surface area contributed by atoms with Gasteiger partial charge in [-0.25, -0.2) is 4.98 Å². The highest BCUT2D eigenvalue weighted by atomic mass is 35.5. The van der Waals surface area contributed by atoms with E-state index in [0.29, 0.717) is 5.15 Å². The molecule has 0 atom stereocenters. The zero-order valence-corrected chi connectivity index (χ0v) is 13.6. The van der Waals surface area contributed by atoms with Crippen LogP contribution in [0.25, 0.3) is 0 Å². The van der Waals surface area contributed by atoms with Gasteiger partial charge in [-0.3, -0.25) is 5.10 Å². The van der Waals surface area contributed by atoms with Gasteiger partial charge in [0, 0.05) is 18.7 Å². The number of rotatable bonds is 9. The first-order chi connectivity index (χ1) is 10.2. The van der Waals surface area contributed by atoms with Crippen molar-refractivity contribution in [2.24, 2.45) is 0 Å². The van der Waals surface area contributed by atoms with Crippen molar-refractivity contribution in [1.82, 2.24) is 25.5 Å². The normalized spacial score (nSPS) is 11.2. The fraction of sp³-hybridized carbons (Fsp3) is 0.600. The number of hydrogen-bond acceptors (Lipinski definition) is 3. The van der Waals surface area contributed by atoms with Crippen molar-refractivity contribution in [2.45, 2.75) is 52.5 Å². The van der Waals surface area contributed by atoms with Crippen molar-refractivity contribution in [3.05, 3.63) is 34.1 Å². The van der Waals surface area contributed by atoms with E-state index in [2.05, 4.69) is 39.3 Å². The summed E-state index contributed by atoms with van der Waals surface area (Å²) in [6, 6.07) is 0. The van der Waals surface area contributed by atoms with E-state index in [1.165, 1.54) is 12.0 Å². The van der Waals surface area contributed by atoms with Gasteiger partial charge in [-0.05, 0) is 38.3 Å². The molecule has 2 aromatic heterocycles. The highest BCUT2D eigenvalue weighted by molar-refractivity contribution is 6.30. The topological polar surface area (TPSA) is 69.4 Å². The average Bonchev–Trinajstić information content (AvgIpc) is 3.03. The van der Waals surface area contributed by atoms with Gasteiger partial charge >= 0.3 is 0 Å². The first-order valence-corrected chi connectivity index (χ1v) is 8.01. The third-order valence-electron chi connectivity index (χ3n) is 3.58. The summed E-state index contributed by atoms with van der Waals surface area (Å²) < 4.78 is 0. The maximum absolute atomic E-state index is 6.14. The van der Waals surface area contributed by atoms with Crippen LogP contribution in [0, 0.1) is 6.92 Å². The third kappa shape index (κ3) is 4.86. The van der Waals surface area contributed by atoms with Gasteiger partial charge in [-0.2, -0.15) is 5.10 Å². The van der Waals surface area contributed by atoms with E-state index in [-0.39, 0.29) is 0 Å². The maximum Gasteiger partial charge on any atom is 0.151 e. The first-order valence-electron chi connectivity index (χ1n) is 7.63. The number of unbranched alkanes of at least 4 members (excludes halogenated alkanes) is 1. The number of aryl methyl sites for hydroxylation is 3. The number of nitrogens with zero attached hydrogens (tertiary/aromatic N) is 2. The third-order valence-corrected chi connectivity index (χ3v) is 3.89. The van der Waals surface area contributed by atoms with Gasteiger partial charge in [-0.1, -0.05) is 24.9 Å². The van der Waals surface area contributed by atoms with Crippen molar-refractivity contribution in [3.8, 4) is 0 Å². The minimum Gasteiger partial charge on any atom is -0.344 e. The van der Waals surface area contributed by atoms with Gasteiger partial charge in [0.2, 0.25) is 0 Å². The summed E-state index contributed by atoms with van der Waals surface area (Å²) >= 11 is 6.14. The molecule has 2 aromatic rings. The summed E-state index contributed by atoms with van der Waals surface area (Å²) in [5.74, 6) is 0.993. The first kappa shape index (κ1) is 16.0. The van der Waals surface area contributed by atoms with Crippen LogP contribution in [0.5, 0.6) is 0 Å². The highest BCUT2D eigenvalue weighted by Crippen LogP contribution is 2.14. The van der Waals surface area contributed by atoms with Crippen molar-refractivity contribution in [1.29, 1.82) is 0 Å². The number of imidazole rings is 1. The number of halogens is 1. The predicted molar refractivity (Wildman–Crippen MR) is 85.6 cm³/mol. The highest BCUT2D eigenvalue weighted by Gasteiger charge is 2.07. The van der Waals surface area contributed by atoms with Crippen molar-refractivity contribution in [2.75, 3.05) is 6.54 Å². The smallest absolute Gasteiger partial charge is 0.151 e. The summed E-state index contributed by atoms with van der Waals surface area (Å²) in [7, 11) is 0. The number of hydrogen-bond donors (Lipinski definition) is 3. The molecular weight excluding hydrogens is 286 g/mol. The lowest BCUT2D eigenvalue weighted by Crippen LogP contribution is -2.16. The lowest BCUT2D eigenvalue weighted by Gasteiger charge is -2.03. The van der Waals surface area contributed by atoms with Crippen LogP contribution in [0.15, 0.2) is 6.20 Å². The molecule has 0 aliphatic heterocycles. The predicted octanol–water partition coefficient (Wildman–Crippen LogP) is 3.16. The van der Waals surface area contributed by atoms with E-state index >= 15 is 0 Å². The van der Waals surface area contributed by atoms with Crippen LogP contribution >= 0.6 is 11.6 Å². The molecule has 0 aliphatic carbocycles. The Labute approximate surface area is 130 Å². The molecule has 0 unspecified atom stereocenters. The minimum absolute atomic E-state index is 0.597. The number of nitrogens with one attached hydrogen (secondary N) is 3. The van der Waals surface area contributed by atoms with E-state index in [9.17, 15) is 0 Å². The Balaban J connectivity index is 1.68. The molecule has 21 heavy (non-hydrogen) atoms. The molecule has 0 radical (unpaired) electrons. The Bertz CT molecular complexity index is 546. The second-order valence-electron chi connectivity index (χ2n) is 5.36. The molecule has 0 spiro atoms. The molecule has 0 bridgehead atoms. The van der Waals surface area contributed by atoms with E-state index in [4.69, 9.17) is 11.6 Å². The molecule has 0 aromatic carbocycles. The van der Waals surface area contributed by atoms with Gasteiger partial charge < -0.3 is 10.3 Å². The zero-order valence-electron chi connectivity index (χ0n) is 12.8. The van der Waals surface area contributed by atoms with Crippen LogP contribution in [-0.4, -0.2) is 26.7 Å². The van der Waals surface area contributed by atoms with Gasteiger partial charge in [-0.15, -0.1) is 0 Å². The summed E-state index contributed by atoms with van der Waals surface area (Å²) in [5, 5.41) is 11.0. The molecule has 2 rings (SSSR count). The molecule has 0 saturated heterocycles. The van der Waals surface area contributed by atoms with Crippen LogP contribution in [-0.2, 0) is 19.4 Å². The van der Waals surface area contributed by atoms with Crippen LogP contribution < -0.4 is 5.32 Å². The Kier molecular flexibility index (Phi) is 6.26. The lowest BCUT2D eigenvalue weighted by molar-refractivity contribution is 0.640. The zero-order chi connectivity index (χ0) is 15.1. The Morgan fingerprint density at radius 1 is 1.29 bits per heavy atom. The summed E-state index contributed by atoms with van der Waals surface area (Å²) in [5.41, 5.74) is 3.44. The monoisotopic (exact) mass is 309 g/mol. The average molecular weight is 310 g/mol. The minimum atomic E-state index is 0.597. The summed E-state index contributed by atoms with van der Waals surface area (Å²) in [6.45, 7) is 5.92. The van der Waals surface area contributed by atoms with E-state index in [1.54, 1.807) is 0 Å². The number of aromatic amines is 2. The molecule has 0 amide bonds. The maximum atomic E-state index is 6.14. The Morgan fingerprint density at radius 3 is 2.86 bits per heavy atom. The lowest BCUT2D eigenvalue weighted by atomic mass is 10.1. The molecule has 0 fully saturated rings. The summed E-state index contributed by atoms with van der Waals surface area (Å²) in [4.78, 5) is 7.67. The molecule has 2 heterocycles. The largest absolute Gasteiger partial charge is 0.344 e. The van der Waals surface area contributed by atoms with Crippen molar-refractivity contribution in [3.63, 3.8) is 0 Å². The number of aromatic nitrogens is 4. The fourth-order valence-electron chi connectivity index (χ4n) is 2.26. The Hall–Kier alpha value is -1.33. The fourth-order valence-corrected chi connectivity index (χ4v) is 2.48. The van der Waals surface area contributed by atoms with E-state index < -0.39 is 0 Å². The van der Waals surface area contributed by atoms with Crippen LogP contribution in [0.2, 0.25) is 5.15 Å². The molecule has 116 valence electrons. The standard InChI is InChI=1S/C15H24ClN5/c1-3-4-7-14-19-13(15(16)20-14)10-17-8-5-6-12-9-18-21-11(12)2/h9,17H,3-8,10H2,1-2H3,(H,18,21)(H,19,20). The van der Waals surface area contributed by atoms with E-state index in [0.717, 1.165) is 56.0 Å². The number of H-pyrrole nitrogens is 2. The molecule has 0 saturated carbocycles. The summed E-state index contributed by atoms with van der Waals surface area (Å²) in [6.07, 6.45) is 7.29. The molecule has 3 N–H and O–H groups in total. The molecular formula is C15H24ClN5. The van der Waals surface area contributed by atoms with E-state index in [1.807, 2.05) is 6.20 Å². The van der Waals surface area contributed by atoms with Crippen LogP contribution in [0.4, 0.5) is 0 Å². The molecule has 6 heteroatoms. The van der Waals surface area contributed by atoms with Crippen LogP contribution in [0.3, 0.4) is 0 Å². The SMILES string of the molecule is CCCCc1nc(Cl)c(CNCCCc2cn[nH]c2C)[nH]1. The molecule has 5 nitrogen and oxygen atoms in total. The van der Waals surface area contributed by atoms with Gasteiger partial charge in [0.1, 0.15) is 5.82 Å². The molecule has 0 aliphatic rings. The quantitative estimate of drug-likeness (QED) is 0.623. The van der Waals surface area contributed by atoms with Gasteiger partial charge in [0.05, 0.1) is 11.9 Å². The van der Waals surface area contributed by atoms with Crippen molar-refractivity contribution < 1.29 is 0 Å². The van der Waals surface area contributed by atoms with Crippen LogP contribution in [0.1, 0.15) is 49.0 Å².